The van der Waals surface area contributed by atoms with Gasteiger partial charge in [0.2, 0.25) is 0 Å². The Labute approximate surface area is 129 Å². The first-order chi connectivity index (χ1) is 9.72. The molecule has 0 unspecified atom stereocenters. The largest absolute Gasteiger partial charge is 0.477 e. The summed E-state index contributed by atoms with van der Waals surface area (Å²) >= 11 is 6.71. The first kappa shape index (κ1) is 15.9. The molecule has 0 amide bonds. The molecule has 0 saturated carbocycles. The third-order valence-corrected chi connectivity index (χ3v) is 5.60. The molecule has 11 heteroatoms. The summed E-state index contributed by atoms with van der Waals surface area (Å²) in [4.78, 5) is 15.0. The molecule has 0 saturated heterocycles. The standard InChI is InChI=1S/C10H11ClN4O4S2/c1-5-8(10(16)17)20-7(14-5)4-13-21(18,19)9-6(11)3-12-15(9)2/h3,13H,4H2,1-2H3,(H,16,17). The van der Waals surface area contributed by atoms with Gasteiger partial charge in [0.15, 0.2) is 5.03 Å². The first-order valence-electron chi connectivity index (χ1n) is 5.59. The number of aryl methyl sites for hydroxylation is 2. The quantitative estimate of drug-likeness (QED) is 0.831. The monoisotopic (exact) mass is 350 g/mol. The van der Waals surface area contributed by atoms with Crippen molar-refractivity contribution in [3.05, 3.63) is 26.8 Å². The molecule has 0 spiro atoms. The molecule has 0 aliphatic heterocycles. The molecule has 0 aromatic carbocycles. The number of aromatic carboxylic acids is 1. The number of carboxylic acid groups (broad SMARTS) is 1. The lowest BCUT2D eigenvalue weighted by molar-refractivity contribution is 0.0701. The summed E-state index contributed by atoms with van der Waals surface area (Å²) in [6.45, 7) is 1.43. The van der Waals surface area contributed by atoms with Gasteiger partial charge in [-0.25, -0.2) is 22.9 Å². The summed E-state index contributed by atoms with van der Waals surface area (Å²) in [5.74, 6) is -1.09. The van der Waals surface area contributed by atoms with E-state index in [4.69, 9.17) is 16.7 Å². The summed E-state index contributed by atoms with van der Waals surface area (Å²) in [5, 5.41) is 12.9. The summed E-state index contributed by atoms with van der Waals surface area (Å²) in [6, 6.07) is 0. The van der Waals surface area contributed by atoms with Gasteiger partial charge >= 0.3 is 5.97 Å². The number of hydrogen-bond donors (Lipinski definition) is 2. The van der Waals surface area contributed by atoms with Crippen LogP contribution in [0.4, 0.5) is 0 Å². The second-order valence-electron chi connectivity index (χ2n) is 4.07. The maximum Gasteiger partial charge on any atom is 0.347 e. The Morgan fingerprint density at radius 1 is 1.57 bits per heavy atom. The van der Waals surface area contributed by atoms with Crippen molar-refractivity contribution in [2.75, 3.05) is 0 Å². The zero-order chi connectivity index (χ0) is 15.8. The molecule has 2 aromatic rings. The van der Waals surface area contributed by atoms with Crippen molar-refractivity contribution in [1.82, 2.24) is 19.5 Å². The van der Waals surface area contributed by atoms with E-state index < -0.39 is 16.0 Å². The Balaban J connectivity index is 2.20. The number of rotatable bonds is 5. The highest BCUT2D eigenvalue weighted by Gasteiger charge is 2.23. The third kappa shape index (κ3) is 3.23. The van der Waals surface area contributed by atoms with Crippen molar-refractivity contribution in [2.24, 2.45) is 7.05 Å². The van der Waals surface area contributed by atoms with Crippen LogP contribution in [-0.2, 0) is 23.6 Å². The highest BCUT2D eigenvalue weighted by Crippen LogP contribution is 2.21. The van der Waals surface area contributed by atoms with Crippen LogP contribution in [0.5, 0.6) is 0 Å². The average Bonchev–Trinajstić information content (AvgIpc) is 2.91. The smallest absolute Gasteiger partial charge is 0.347 e. The topological polar surface area (TPSA) is 114 Å². The van der Waals surface area contributed by atoms with Crippen LogP contribution in [0.1, 0.15) is 20.4 Å². The number of sulfonamides is 1. The molecule has 0 bridgehead atoms. The van der Waals surface area contributed by atoms with Gasteiger partial charge in [-0.05, 0) is 6.92 Å². The molecule has 0 aliphatic carbocycles. The highest BCUT2D eigenvalue weighted by atomic mass is 35.5. The summed E-state index contributed by atoms with van der Waals surface area (Å²) in [6.07, 6.45) is 1.23. The first-order valence-corrected chi connectivity index (χ1v) is 8.27. The SMILES string of the molecule is Cc1nc(CNS(=O)(=O)c2c(Cl)cnn2C)sc1C(=O)O. The molecule has 114 valence electrons. The molecular weight excluding hydrogens is 340 g/mol. The zero-order valence-electron chi connectivity index (χ0n) is 11.0. The van der Waals surface area contributed by atoms with E-state index in [-0.39, 0.29) is 21.5 Å². The zero-order valence-corrected chi connectivity index (χ0v) is 13.4. The van der Waals surface area contributed by atoms with Crippen molar-refractivity contribution in [3.63, 3.8) is 0 Å². The fourth-order valence-corrected chi connectivity index (χ4v) is 4.23. The van der Waals surface area contributed by atoms with Crippen molar-refractivity contribution >= 4 is 38.9 Å². The summed E-state index contributed by atoms with van der Waals surface area (Å²) in [7, 11) is -2.41. The Kier molecular flexibility index (Phi) is 4.33. The molecular formula is C10H11ClN4O4S2. The normalized spacial score (nSPS) is 11.8. The van der Waals surface area contributed by atoms with Crippen molar-refractivity contribution in [3.8, 4) is 0 Å². The lowest BCUT2D eigenvalue weighted by Gasteiger charge is -2.05. The van der Waals surface area contributed by atoms with Gasteiger partial charge < -0.3 is 5.11 Å². The van der Waals surface area contributed by atoms with Crippen LogP contribution in [0.25, 0.3) is 0 Å². The molecule has 0 aliphatic rings. The van der Waals surface area contributed by atoms with Gasteiger partial charge in [-0.1, -0.05) is 11.6 Å². The molecule has 0 radical (unpaired) electrons. The Morgan fingerprint density at radius 3 is 2.71 bits per heavy atom. The Morgan fingerprint density at radius 2 is 2.24 bits per heavy atom. The maximum absolute atomic E-state index is 12.1. The molecule has 0 fully saturated rings. The predicted octanol–water partition coefficient (Wildman–Crippen LogP) is 1.02. The number of nitrogens with zero attached hydrogens (tertiary/aromatic N) is 3. The van der Waals surface area contributed by atoms with E-state index in [1.165, 1.54) is 13.2 Å². The van der Waals surface area contributed by atoms with Crippen LogP contribution < -0.4 is 4.72 Å². The predicted molar refractivity (Wildman–Crippen MR) is 76.1 cm³/mol. The maximum atomic E-state index is 12.1. The fourth-order valence-electron chi connectivity index (χ4n) is 1.65. The Hall–Kier alpha value is -1.49. The average molecular weight is 351 g/mol. The molecule has 2 heterocycles. The van der Waals surface area contributed by atoms with Crippen LogP contribution >= 0.6 is 22.9 Å². The molecule has 2 aromatic heterocycles. The number of halogens is 1. The molecule has 2 rings (SSSR count). The minimum Gasteiger partial charge on any atom is -0.477 e. The number of carboxylic acids is 1. The van der Waals surface area contributed by atoms with E-state index in [0.29, 0.717) is 10.7 Å². The highest BCUT2D eigenvalue weighted by molar-refractivity contribution is 7.89. The van der Waals surface area contributed by atoms with Crippen LogP contribution in [0, 0.1) is 6.92 Å². The number of thiazole rings is 1. The molecule has 8 nitrogen and oxygen atoms in total. The van der Waals surface area contributed by atoms with E-state index in [0.717, 1.165) is 16.0 Å². The number of hydrogen-bond acceptors (Lipinski definition) is 6. The van der Waals surface area contributed by atoms with Gasteiger partial charge in [0.05, 0.1) is 23.5 Å². The molecule has 0 atom stereocenters. The number of aromatic nitrogens is 3. The van der Waals surface area contributed by atoms with Crippen LogP contribution in [0.15, 0.2) is 11.2 Å². The second-order valence-corrected chi connectivity index (χ2v) is 7.25. The summed E-state index contributed by atoms with van der Waals surface area (Å²) < 4.78 is 27.7. The van der Waals surface area contributed by atoms with Gasteiger partial charge in [-0.15, -0.1) is 11.3 Å². The van der Waals surface area contributed by atoms with Gasteiger partial charge in [-0.2, -0.15) is 5.10 Å². The second kappa shape index (κ2) is 5.72. The minimum absolute atomic E-state index is 0.00606. The van der Waals surface area contributed by atoms with E-state index in [9.17, 15) is 13.2 Å². The van der Waals surface area contributed by atoms with Crippen LogP contribution in [-0.4, -0.2) is 34.3 Å². The molecule has 2 N–H and O–H groups in total. The third-order valence-electron chi connectivity index (χ3n) is 2.55. The minimum atomic E-state index is -3.86. The fraction of sp³-hybridized carbons (Fsp3) is 0.300. The lowest BCUT2D eigenvalue weighted by atomic mass is 10.4. The van der Waals surface area contributed by atoms with Crippen molar-refractivity contribution in [2.45, 2.75) is 18.5 Å². The lowest BCUT2D eigenvalue weighted by Crippen LogP contribution is -2.25. The van der Waals surface area contributed by atoms with Gasteiger partial charge in [0.25, 0.3) is 10.0 Å². The van der Waals surface area contributed by atoms with E-state index in [2.05, 4.69) is 14.8 Å². The van der Waals surface area contributed by atoms with Crippen molar-refractivity contribution < 1.29 is 18.3 Å². The number of nitrogens with one attached hydrogen (secondary N) is 1. The van der Waals surface area contributed by atoms with E-state index >= 15 is 0 Å². The van der Waals surface area contributed by atoms with Gasteiger partial charge in [-0.3, -0.25) is 4.68 Å². The van der Waals surface area contributed by atoms with E-state index in [1.54, 1.807) is 6.92 Å². The van der Waals surface area contributed by atoms with Gasteiger partial charge in [0, 0.05) is 7.05 Å². The van der Waals surface area contributed by atoms with E-state index in [1.807, 2.05) is 0 Å². The Bertz CT molecular complexity index is 777. The molecule has 21 heavy (non-hydrogen) atoms. The van der Waals surface area contributed by atoms with Crippen LogP contribution in [0.2, 0.25) is 5.02 Å². The summed E-state index contributed by atoms with van der Waals surface area (Å²) in [5.41, 5.74) is 0.347. The number of carbonyl (C=O) groups is 1. The van der Waals surface area contributed by atoms with Crippen molar-refractivity contribution in [1.29, 1.82) is 0 Å². The van der Waals surface area contributed by atoms with Crippen LogP contribution in [0.3, 0.4) is 0 Å². The van der Waals surface area contributed by atoms with Gasteiger partial charge in [0.1, 0.15) is 9.88 Å².